The maximum atomic E-state index is 11.0. The first kappa shape index (κ1) is 10.5. The van der Waals surface area contributed by atoms with Gasteiger partial charge < -0.3 is 5.73 Å². The maximum absolute atomic E-state index is 11.0. The predicted molar refractivity (Wildman–Crippen MR) is 53.3 cm³/mol. The second-order valence-corrected chi connectivity index (χ2v) is 4.23. The van der Waals surface area contributed by atoms with Crippen LogP contribution in [0.1, 0.15) is 6.92 Å². The fourth-order valence-corrected chi connectivity index (χ4v) is 1.98. The van der Waals surface area contributed by atoms with Crippen molar-refractivity contribution in [3.8, 4) is 0 Å². The van der Waals surface area contributed by atoms with E-state index >= 15 is 0 Å². The standard InChI is InChI=1S/C9H15ClN2O/c1-6-3-12(4-7(2)10)5-8(6)9(11)13/h6,8H,2-5H2,1H3,(H2,11,13)/t6-,8-/m1/s1. The molecule has 1 heterocycles. The summed E-state index contributed by atoms with van der Waals surface area (Å²) in [5.41, 5.74) is 5.26. The SMILES string of the molecule is C=C(Cl)CN1C[C@@H](C)[C@H](C(N)=O)C1. The topological polar surface area (TPSA) is 46.3 Å². The summed E-state index contributed by atoms with van der Waals surface area (Å²) < 4.78 is 0. The molecule has 0 aliphatic carbocycles. The molecule has 0 spiro atoms. The molecule has 1 amide bonds. The van der Waals surface area contributed by atoms with Gasteiger partial charge >= 0.3 is 0 Å². The van der Waals surface area contributed by atoms with Crippen LogP contribution in [-0.4, -0.2) is 30.4 Å². The zero-order chi connectivity index (χ0) is 10.0. The van der Waals surface area contributed by atoms with E-state index in [1.807, 2.05) is 6.92 Å². The summed E-state index contributed by atoms with van der Waals surface area (Å²) in [5, 5.41) is 0.609. The summed E-state index contributed by atoms with van der Waals surface area (Å²) in [5.74, 6) is 0.0831. The number of nitrogens with two attached hydrogens (primary N) is 1. The molecular formula is C9H15ClN2O. The number of likely N-dealkylation sites (tertiary alicyclic amines) is 1. The molecule has 0 aromatic heterocycles. The van der Waals surface area contributed by atoms with Crippen LogP contribution in [0.25, 0.3) is 0 Å². The van der Waals surface area contributed by atoms with Crippen molar-refractivity contribution in [1.82, 2.24) is 4.90 Å². The van der Waals surface area contributed by atoms with Gasteiger partial charge in [-0.3, -0.25) is 9.69 Å². The first-order valence-electron chi connectivity index (χ1n) is 4.35. The van der Waals surface area contributed by atoms with Crippen LogP contribution in [0.3, 0.4) is 0 Å². The molecule has 0 bridgehead atoms. The minimum Gasteiger partial charge on any atom is -0.369 e. The third kappa shape index (κ3) is 2.71. The second-order valence-electron chi connectivity index (χ2n) is 3.70. The summed E-state index contributed by atoms with van der Waals surface area (Å²) in [6.45, 7) is 7.89. The van der Waals surface area contributed by atoms with Crippen molar-refractivity contribution in [3.05, 3.63) is 11.6 Å². The number of rotatable bonds is 3. The number of hydrogen-bond acceptors (Lipinski definition) is 2. The Bertz CT molecular complexity index is 230. The lowest BCUT2D eigenvalue weighted by Gasteiger charge is -2.13. The summed E-state index contributed by atoms with van der Waals surface area (Å²) in [7, 11) is 0. The number of primary amides is 1. The first-order valence-corrected chi connectivity index (χ1v) is 4.73. The van der Waals surface area contributed by atoms with Gasteiger partial charge in [0.2, 0.25) is 5.91 Å². The zero-order valence-corrected chi connectivity index (χ0v) is 8.55. The van der Waals surface area contributed by atoms with E-state index in [1.54, 1.807) is 0 Å². The molecule has 0 unspecified atom stereocenters. The summed E-state index contributed by atoms with van der Waals surface area (Å²) in [6, 6.07) is 0. The van der Waals surface area contributed by atoms with Crippen LogP contribution in [0.5, 0.6) is 0 Å². The van der Waals surface area contributed by atoms with Crippen LogP contribution in [0.15, 0.2) is 11.6 Å². The van der Waals surface area contributed by atoms with Gasteiger partial charge in [0.15, 0.2) is 0 Å². The van der Waals surface area contributed by atoms with E-state index in [1.165, 1.54) is 0 Å². The lowest BCUT2D eigenvalue weighted by Crippen LogP contribution is -2.29. The van der Waals surface area contributed by atoms with E-state index in [-0.39, 0.29) is 11.8 Å². The van der Waals surface area contributed by atoms with Crippen molar-refractivity contribution < 1.29 is 4.79 Å². The number of halogens is 1. The average Bonchev–Trinajstić information content (AvgIpc) is 2.29. The van der Waals surface area contributed by atoms with Gasteiger partial charge in [-0.05, 0) is 5.92 Å². The Balaban J connectivity index is 2.50. The van der Waals surface area contributed by atoms with Gasteiger partial charge in [-0.15, -0.1) is 0 Å². The van der Waals surface area contributed by atoms with E-state index in [9.17, 15) is 4.79 Å². The van der Waals surface area contributed by atoms with E-state index in [0.29, 0.717) is 24.0 Å². The fourth-order valence-electron chi connectivity index (χ4n) is 1.81. The molecule has 1 rings (SSSR count). The summed E-state index contributed by atoms with van der Waals surface area (Å²) in [4.78, 5) is 13.1. The number of hydrogen-bond donors (Lipinski definition) is 1. The number of carbonyl (C=O) groups is 1. The minimum atomic E-state index is -0.213. The third-order valence-electron chi connectivity index (χ3n) is 2.45. The largest absolute Gasteiger partial charge is 0.369 e. The van der Waals surface area contributed by atoms with Gasteiger partial charge in [-0.2, -0.15) is 0 Å². The smallest absolute Gasteiger partial charge is 0.222 e. The average molecular weight is 203 g/mol. The van der Waals surface area contributed by atoms with Crippen LogP contribution in [0.2, 0.25) is 0 Å². The van der Waals surface area contributed by atoms with E-state index in [0.717, 1.165) is 6.54 Å². The Kier molecular flexibility index (Phi) is 3.33. The highest BCUT2D eigenvalue weighted by Crippen LogP contribution is 2.23. The molecule has 1 aliphatic heterocycles. The van der Waals surface area contributed by atoms with Crippen molar-refractivity contribution in [1.29, 1.82) is 0 Å². The normalized spacial score (nSPS) is 29.1. The minimum absolute atomic E-state index is 0.0315. The van der Waals surface area contributed by atoms with Crippen LogP contribution < -0.4 is 5.73 Å². The predicted octanol–water partition coefficient (Wildman–Crippen LogP) is 0.792. The lowest BCUT2D eigenvalue weighted by molar-refractivity contribution is -0.122. The van der Waals surface area contributed by atoms with Gasteiger partial charge in [0, 0.05) is 24.7 Å². The highest BCUT2D eigenvalue weighted by atomic mass is 35.5. The van der Waals surface area contributed by atoms with Gasteiger partial charge in [0.05, 0.1) is 5.92 Å². The Morgan fingerprint density at radius 2 is 2.31 bits per heavy atom. The van der Waals surface area contributed by atoms with Crippen LogP contribution in [0, 0.1) is 11.8 Å². The van der Waals surface area contributed by atoms with Gasteiger partial charge in [0.25, 0.3) is 0 Å². The maximum Gasteiger partial charge on any atom is 0.222 e. The first-order chi connectivity index (χ1) is 6.00. The Morgan fingerprint density at radius 3 is 2.69 bits per heavy atom. The Labute approximate surface area is 83.5 Å². The molecule has 0 aromatic rings. The fraction of sp³-hybridized carbons (Fsp3) is 0.667. The van der Waals surface area contributed by atoms with E-state index in [4.69, 9.17) is 17.3 Å². The van der Waals surface area contributed by atoms with Gasteiger partial charge in [-0.1, -0.05) is 25.1 Å². The Morgan fingerprint density at radius 1 is 1.69 bits per heavy atom. The van der Waals surface area contributed by atoms with Crippen molar-refractivity contribution >= 4 is 17.5 Å². The summed E-state index contributed by atoms with van der Waals surface area (Å²) >= 11 is 5.68. The van der Waals surface area contributed by atoms with E-state index in [2.05, 4.69) is 11.5 Å². The number of amides is 1. The molecule has 0 aromatic carbocycles. The van der Waals surface area contributed by atoms with Crippen molar-refractivity contribution in [3.63, 3.8) is 0 Å². The van der Waals surface area contributed by atoms with Crippen LogP contribution in [-0.2, 0) is 4.79 Å². The molecule has 74 valence electrons. The molecule has 2 atom stereocenters. The molecule has 0 radical (unpaired) electrons. The molecule has 3 nitrogen and oxygen atoms in total. The quantitative estimate of drug-likeness (QED) is 0.736. The van der Waals surface area contributed by atoms with Crippen molar-refractivity contribution in [2.24, 2.45) is 17.6 Å². The monoisotopic (exact) mass is 202 g/mol. The van der Waals surface area contributed by atoms with Crippen molar-refractivity contribution in [2.75, 3.05) is 19.6 Å². The molecule has 1 aliphatic rings. The lowest BCUT2D eigenvalue weighted by atomic mass is 9.98. The Hall–Kier alpha value is -0.540. The molecule has 1 fully saturated rings. The summed E-state index contributed by atoms with van der Waals surface area (Å²) in [6.07, 6.45) is 0. The molecule has 0 saturated carbocycles. The number of nitrogens with zero attached hydrogens (tertiary/aromatic N) is 1. The number of carbonyl (C=O) groups excluding carboxylic acids is 1. The highest BCUT2D eigenvalue weighted by molar-refractivity contribution is 6.29. The van der Waals surface area contributed by atoms with Crippen LogP contribution >= 0.6 is 11.6 Å². The van der Waals surface area contributed by atoms with Gasteiger partial charge in [-0.25, -0.2) is 0 Å². The van der Waals surface area contributed by atoms with E-state index < -0.39 is 0 Å². The third-order valence-corrected chi connectivity index (χ3v) is 2.57. The second kappa shape index (κ2) is 4.11. The molecule has 2 N–H and O–H groups in total. The van der Waals surface area contributed by atoms with Crippen molar-refractivity contribution in [2.45, 2.75) is 6.92 Å². The molecular weight excluding hydrogens is 188 g/mol. The zero-order valence-electron chi connectivity index (χ0n) is 7.79. The highest BCUT2D eigenvalue weighted by Gasteiger charge is 2.33. The van der Waals surface area contributed by atoms with Crippen LogP contribution in [0.4, 0.5) is 0 Å². The molecule has 13 heavy (non-hydrogen) atoms. The van der Waals surface area contributed by atoms with Gasteiger partial charge in [0.1, 0.15) is 0 Å². The molecule has 4 heteroatoms. The molecule has 1 saturated heterocycles.